The minimum atomic E-state index is -3.94. The molecule has 0 amide bonds. The highest BCUT2D eigenvalue weighted by Gasteiger charge is 2.24. The molecule has 0 aliphatic heterocycles. The molecule has 0 saturated carbocycles. The number of halogens is 1. The molecule has 1 N–H and O–H groups in total. The Balaban J connectivity index is 2.54. The minimum Gasteiger partial charge on any atom is -0.478 e. The van der Waals surface area contributed by atoms with E-state index in [1.54, 1.807) is 0 Å². The van der Waals surface area contributed by atoms with Gasteiger partial charge in [0.1, 0.15) is 23.7 Å². The van der Waals surface area contributed by atoms with Crippen molar-refractivity contribution in [3.8, 4) is 0 Å². The van der Waals surface area contributed by atoms with E-state index in [2.05, 4.69) is 10.1 Å². The van der Waals surface area contributed by atoms with Gasteiger partial charge in [-0.2, -0.15) is 5.10 Å². The summed E-state index contributed by atoms with van der Waals surface area (Å²) in [5.74, 6) is -2.60. The van der Waals surface area contributed by atoms with E-state index in [-0.39, 0.29) is 16.3 Å². The molecule has 0 bridgehead atoms. The molecule has 0 aliphatic rings. The van der Waals surface area contributed by atoms with E-state index in [4.69, 9.17) is 5.11 Å². The summed E-state index contributed by atoms with van der Waals surface area (Å²) in [5.41, 5.74) is -0.545. The van der Waals surface area contributed by atoms with Gasteiger partial charge in [0, 0.05) is 12.6 Å². The van der Waals surface area contributed by atoms with E-state index >= 15 is 0 Å². The van der Waals surface area contributed by atoms with E-state index in [1.807, 2.05) is 0 Å². The number of rotatable bonds is 4. The first-order valence-corrected chi connectivity index (χ1v) is 7.46. The first kappa shape index (κ1) is 15.1. The molecule has 0 spiro atoms. The number of hydrogen-bond donors (Lipinski definition) is 1. The predicted molar refractivity (Wildman–Crippen MR) is 70.0 cm³/mol. The van der Waals surface area contributed by atoms with E-state index in [9.17, 15) is 17.6 Å². The Kier molecular flexibility index (Phi) is 3.77. The third-order valence-electron chi connectivity index (χ3n) is 3.00. The lowest BCUT2D eigenvalue weighted by atomic mass is 10.1. The lowest BCUT2D eigenvalue weighted by Crippen LogP contribution is -2.13. The zero-order chi connectivity index (χ0) is 15.8. The van der Waals surface area contributed by atoms with Crippen LogP contribution in [0.5, 0.6) is 0 Å². The van der Waals surface area contributed by atoms with Gasteiger partial charge >= 0.3 is 5.97 Å². The van der Waals surface area contributed by atoms with Crippen LogP contribution in [0, 0.1) is 12.7 Å². The number of hydrogen-bond acceptors (Lipinski definition) is 5. The molecule has 0 unspecified atom stereocenters. The SMILES string of the molecule is Cc1c(F)cc(C(=O)O)cc1S(=O)(=O)Cc1ncnn1C. The molecule has 7 nitrogen and oxygen atoms in total. The van der Waals surface area contributed by atoms with Crippen LogP contribution in [-0.4, -0.2) is 34.3 Å². The average molecular weight is 313 g/mol. The van der Waals surface area contributed by atoms with Gasteiger partial charge in [-0.3, -0.25) is 4.68 Å². The third-order valence-corrected chi connectivity index (χ3v) is 4.74. The second kappa shape index (κ2) is 5.24. The van der Waals surface area contributed by atoms with Crippen molar-refractivity contribution in [3.05, 3.63) is 41.2 Å². The lowest BCUT2D eigenvalue weighted by Gasteiger charge is -2.09. The average Bonchev–Trinajstić information content (AvgIpc) is 2.77. The van der Waals surface area contributed by atoms with Gasteiger partial charge < -0.3 is 5.11 Å². The van der Waals surface area contributed by atoms with E-state index < -0.39 is 32.9 Å². The van der Waals surface area contributed by atoms with Gasteiger partial charge in [0.05, 0.1) is 10.5 Å². The van der Waals surface area contributed by atoms with Gasteiger partial charge in [0.25, 0.3) is 0 Å². The number of aromatic nitrogens is 3. The van der Waals surface area contributed by atoms with Gasteiger partial charge in [-0.15, -0.1) is 0 Å². The number of aromatic carboxylic acids is 1. The highest BCUT2D eigenvalue weighted by Crippen LogP contribution is 2.23. The molecule has 0 saturated heterocycles. The molecule has 0 atom stereocenters. The van der Waals surface area contributed by atoms with Crippen LogP contribution in [0.15, 0.2) is 23.4 Å². The molecule has 0 aliphatic carbocycles. The lowest BCUT2D eigenvalue weighted by molar-refractivity contribution is 0.0696. The zero-order valence-corrected chi connectivity index (χ0v) is 12.1. The summed E-state index contributed by atoms with van der Waals surface area (Å²) >= 11 is 0. The molecule has 21 heavy (non-hydrogen) atoms. The molecule has 2 aromatic rings. The van der Waals surface area contributed by atoms with Gasteiger partial charge in [0.15, 0.2) is 9.84 Å². The number of sulfone groups is 1. The number of benzene rings is 1. The van der Waals surface area contributed by atoms with Crippen molar-refractivity contribution in [3.63, 3.8) is 0 Å². The Morgan fingerprint density at radius 3 is 2.62 bits per heavy atom. The number of carboxylic acids is 1. The third kappa shape index (κ3) is 2.92. The molecule has 112 valence electrons. The highest BCUT2D eigenvalue weighted by molar-refractivity contribution is 7.90. The molecular weight excluding hydrogens is 301 g/mol. The molecule has 1 heterocycles. The first-order chi connectivity index (χ1) is 9.72. The quantitative estimate of drug-likeness (QED) is 0.901. The molecule has 0 fully saturated rings. The van der Waals surface area contributed by atoms with Gasteiger partial charge in [-0.1, -0.05) is 0 Å². The van der Waals surface area contributed by atoms with Crippen molar-refractivity contribution in [1.82, 2.24) is 14.8 Å². The maximum absolute atomic E-state index is 13.7. The summed E-state index contributed by atoms with van der Waals surface area (Å²) in [6, 6.07) is 1.74. The second-order valence-electron chi connectivity index (χ2n) is 4.45. The van der Waals surface area contributed by atoms with Crippen LogP contribution in [0.4, 0.5) is 4.39 Å². The molecule has 9 heteroatoms. The topological polar surface area (TPSA) is 102 Å². The standard InChI is InChI=1S/C12H12FN3O4S/c1-7-9(13)3-8(12(17)18)4-10(7)21(19,20)5-11-14-6-15-16(11)2/h3-4,6H,5H2,1-2H3,(H,17,18). The maximum atomic E-state index is 13.7. The summed E-state index contributed by atoms with van der Waals surface area (Å²) in [4.78, 5) is 14.4. The van der Waals surface area contributed by atoms with E-state index in [1.165, 1.54) is 25.0 Å². The van der Waals surface area contributed by atoms with Crippen LogP contribution in [0.1, 0.15) is 21.7 Å². The largest absolute Gasteiger partial charge is 0.478 e. The minimum absolute atomic E-state index is 0.123. The Bertz CT molecular complexity index is 814. The van der Waals surface area contributed by atoms with Crippen molar-refractivity contribution >= 4 is 15.8 Å². The van der Waals surface area contributed by atoms with Crippen molar-refractivity contribution in [2.75, 3.05) is 0 Å². The fourth-order valence-corrected chi connectivity index (χ4v) is 3.43. The monoisotopic (exact) mass is 313 g/mol. The molecule has 1 aromatic carbocycles. The van der Waals surface area contributed by atoms with Crippen molar-refractivity contribution in [1.29, 1.82) is 0 Å². The van der Waals surface area contributed by atoms with Crippen LogP contribution in [0.25, 0.3) is 0 Å². The van der Waals surface area contributed by atoms with Crippen molar-refractivity contribution in [2.24, 2.45) is 7.05 Å². The Morgan fingerprint density at radius 1 is 1.43 bits per heavy atom. The van der Waals surface area contributed by atoms with Crippen molar-refractivity contribution in [2.45, 2.75) is 17.6 Å². The fourth-order valence-electron chi connectivity index (χ4n) is 1.80. The van der Waals surface area contributed by atoms with Gasteiger partial charge in [0.2, 0.25) is 0 Å². The molecule has 1 aromatic heterocycles. The summed E-state index contributed by atoms with van der Waals surface area (Å²) in [6.07, 6.45) is 1.20. The maximum Gasteiger partial charge on any atom is 0.335 e. The normalized spacial score (nSPS) is 11.6. The second-order valence-corrected chi connectivity index (χ2v) is 6.40. The summed E-state index contributed by atoms with van der Waals surface area (Å²) in [6.45, 7) is 1.28. The van der Waals surface area contributed by atoms with Crippen LogP contribution in [0.3, 0.4) is 0 Å². The van der Waals surface area contributed by atoms with Gasteiger partial charge in [-0.25, -0.2) is 22.6 Å². The van der Waals surface area contributed by atoms with Crippen LogP contribution in [-0.2, 0) is 22.6 Å². The molecule has 0 radical (unpaired) electrons. The van der Waals surface area contributed by atoms with Crippen LogP contribution >= 0.6 is 0 Å². The smallest absolute Gasteiger partial charge is 0.335 e. The Hall–Kier alpha value is -2.29. The Labute approximate surface area is 120 Å². The van der Waals surface area contributed by atoms with Crippen molar-refractivity contribution < 1.29 is 22.7 Å². The molecule has 2 rings (SSSR count). The summed E-state index contributed by atoms with van der Waals surface area (Å²) < 4.78 is 39.7. The number of nitrogens with zero attached hydrogens (tertiary/aromatic N) is 3. The van der Waals surface area contributed by atoms with E-state index in [0.717, 1.165) is 12.1 Å². The molecular formula is C12H12FN3O4S. The van der Waals surface area contributed by atoms with Gasteiger partial charge in [-0.05, 0) is 19.1 Å². The van der Waals surface area contributed by atoms with E-state index in [0.29, 0.717) is 0 Å². The summed E-state index contributed by atoms with van der Waals surface area (Å²) in [7, 11) is -2.41. The zero-order valence-electron chi connectivity index (χ0n) is 11.2. The van der Waals surface area contributed by atoms with Crippen LogP contribution < -0.4 is 0 Å². The van der Waals surface area contributed by atoms with Crippen LogP contribution in [0.2, 0.25) is 0 Å². The number of carbonyl (C=O) groups is 1. The summed E-state index contributed by atoms with van der Waals surface area (Å²) in [5, 5.41) is 12.7. The highest BCUT2D eigenvalue weighted by atomic mass is 32.2. The fraction of sp³-hybridized carbons (Fsp3) is 0.250. The number of aryl methyl sites for hydroxylation is 1. The Morgan fingerprint density at radius 2 is 2.10 bits per heavy atom. The first-order valence-electron chi connectivity index (χ1n) is 5.81. The predicted octanol–water partition coefficient (Wildman–Crippen LogP) is 0.935. The number of carboxylic acid groups (broad SMARTS) is 1.